The molecule has 2 heterocycles. The highest BCUT2D eigenvalue weighted by molar-refractivity contribution is 6.04. The lowest BCUT2D eigenvalue weighted by atomic mass is 10.2. The van der Waals surface area contributed by atoms with Crippen molar-refractivity contribution in [2.24, 2.45) is 0 Å². The molecule has 0 spiro atoms. The molecule has 28 heavy (non-hydrogen) atoms. The van der Waals surface area contributed by atoms with Crippen molar-refractivity contribution in [2.75, 3.05) is 17.2 Å². The quantitative estimate of drug-likeness (QED) is 0.731. The first kappa shape index (κ1) is 17.5. The van der Waals surface area contributed by atoms with E-state index in [0.29, 0.717) is 28.6 Å². The lowest BCUT2D eigenvalue weighted by molar-refractivity contribution is -0.125. The van der Waals surface area contributed by atoms with Crippen LogP contribution in [0.5, 0.6) is 11.5 Å². The Balaban J connectivity index is 1.37. The van der Waals surface area contributed by atoms with E-state index >= 15 is 0 Å². The zero-order chi connectivity index (χ0) is 19.3. The molecule has 7 heteroatoms. The number of aromatic nitrogens is 1. The summed E-state index contributed by atoms with van der Waals surface area (Å²) in [4.78, 5) is 28.7. The minimum absolute atomic E-state index is 0.132. The Morgan fingerprint density at radius 3 is 2.39 bits per heavy atom. The molecule has 1 aliphatic heterocycles. The summed E-state index contributed by atoms with van der Waals surface area (Å²) in [5.74, 6) is 1.03. The van der Waals surface area contributed by atoms with Gasteiger partial charge in [0.2, 0.25) is 6.10 Å². The molecule has 0 saturated heterocycles. The molecule has 4 rings (SSSR count). The van der Waals surface area contributed by atoms with E-state index in [2.05, 4.69) is 15.6 Å². The summed E-state index contributed by atoms with van der Waals surface area (Å²) >= 11 is 0. The van der Waals surface area contributed by atoms with Crippen LogP contribution in [0.2, 0.25) is 0 Å². The number of rotatable bonds is 4. The van der Waals surface area contributed by atoms with E-state index in [9.17, 15) is 9.59 Å². The molecule has 0 unspecified atom stereocenters. The van der Waals surface area contributed by atoms with Gasteiger partial charge in [-0.15, -0.1) is 0 Å². The van der Waals surface area contributed by atoms with Gasteiger partial charge < -0.3 is 20.1 Å². The number of carbonyl (C=O) groups is 2. The zero-order valence-corrected chi connectivity index (χ0v) is 14.8. The molecule has 2 amide bonds. The van der Waals surface area contributed by atoms with Crippen LogP contribution in [0, 0.1) is 0 Å². The van der Waals surface area contributed by atoms with E-state index in [4.69, 9.17) is 9.47 Å². The Morgan fingerprint density at radius 1 is 0.893 bits per heavy atom. The van der Waals surface area contributed by atoms with Crippen molar-refractivity contribution < 1.29 is 19.1 Å². The third-order valence-electron chi connectivity index (χ3n) is 4.12. The number of nitrogens with zero attached hydrogens (tertiary/aromatic N) is 1. The van der Waals surface area contributed by atoms with Crippen LogP contribution in [0.25, 0.3) is 0 Å². The number of anilines is 2. The number of carbonyl (C=O) groups excluding carboxylic acids is 2. The molecule has 0 bridgehead atoms. The summed E-state index contributed by atoms with van der Waals surface area (Å²) in [5.41, 5.74) is 1.01. The number of fused-ring (bicyclic) bond motifs is 1. The molecule has 1 atom stereocenters. The van der Waals surface area contributed by atoms with Gasteiger partial charge in [-0.3, -0.25) is 9.59 Å². The van der Waals surface area contributed by atoms with Gasteiger partial charge in [-0.1, -0.05) is 18.2 Å². The monoisotopic (exact) mass is 375 g/mol. The largest absolute Gasteiger partial charge is 0.485 e. The number of hydrogen-bond donors (Lipinski definition) is 2. The smallest absolute Gasteiger partial charge is 0.269 e. The van der Waals surface area contributed by atoms with Gasteiger partial charge in [0.25, 0.3) is 11.8 Å². The van der Waals surface area contributed by atoms with Gasteiger partial charge in [-0.05, 0) is 48.5 Å². The first-order chi connectivity index (χ1) is 13.7. The second kappa shape index (κ2) is 7.79. The average molecular weight is 375 g/mol. The van der Waals surface area contributed by atoms with E-state index in [0.717, 1.165) is 0 Å². The highest BCUT2D eigenvalue weighted by Crippen LogP contribution is 2.31. The number of ether oxygens (including phenoxy) is 2. The molecular formula is C21H17N3O4. The normalized spacial score (nSPS) is 14.8. The SMILES string of the molecule is O=C(Nc1ccccn1)c1ccc(NC(=O)[C@H]2COc3ccccc3O2)cc1. The van der Waals surface area contributed by atoms with Crippen LogP contribution >= 0.6 is 0 Å². The van der Waals surface area contributed by atoms with Gasteiger partial charge in [0, 0.05) is 17.4 Å². The molecule has 0 radical (unpaired) electrons. The summed E-state index contributed by atoms with van der Waals surface area (Å²) in [6, 6.07) is 19.0. The predicted molar refractivity (Wildman–Crippen MR) is 104 cm³/mol. The minimum atomic E-state index is -0.748. The second-order valence-electron chi connectivity index (χ2n) is 6.10. The Labute approximate surface area is 161 Å². The second-order valence-corrected chi connectivity index (χ2v) is 6.10. The highest BCUT2D eigenvalue weighted by atomic mass is 16.6. The lowest BCUT2D eigenvalue weighted by Gasteiger charge is -2.25. The van der Waals surface area contributed by atoms with Crippen molar-refractivity contribution in [2.45, 2.75) is 6.10 Å². The number of nitrogens with one attached hydrogen (secondary N) is 2. The van der Waals surface area contributed by atoms with Gasteiger partial charge in [-0.2, -0.15) is 0 Å². The van der Waals surface area contributed by atoms with Crippen LogP contribution in [0.1, 0.15) is 10.4 Å². The molecule has 0 saturated carbocycles. The van der Waals surface area contributed by atoms with Gasteiger partial charge in [0.05, 0.1) is 0 Å². The molecule has 0 fully saturated rings. The first-order valence-electron chi connectivity index (χ1n) is 8.71. The van der Waals surface area contributed by atoms with Gasteiger partial charge in [-0.25, -0.2) is 4.98 Å². The van der Waals surface area contributed by atoms with Crippen molar-refractivity contribution in [3.8, 4) is 11.5 Å². The van der Waals surface area contributed by atoms with E-state index < -0.39 is 6.10 Å². The van der Waals surface area contributed by atoms with Crippen LogP contribution in [-0.4, -0.2) is 29.5 Å². The average Bonchev–Trinajstić information content (AvgIpc) is 2.74. The maximum atomic E-state index is 12.4. The van der Waals surface area contributed by atoms with Crippen molar-refractivity contribution in [1.29, 1.82) is 0 Å². The Hall–Kier alpha value is -3.87. The predicted octanol–water partition coefficient (Wildman–Crippen LogP) is 3.11. The van der Waals surface area contributed by atoms with Crippen LogP contribution in [-0.2, 0) is 4.79 Å². The van der Waals surface area contributed by atoms with Crippen LogP contribution in [0.3, 0.4) is 0 Å². The molecule has 7 nitrogen and oxygen atoms in total. The maximum absolute atomic E-state index is 12.4. The van der Waals surface area contributed by atoms with Gasteiger partial charge in [0.1, 0.15) is 12.4 Å². The standard InChI is InChI=1S/C21H17N3O4/c25-20(24-19-7-3-4-12-22-19)14-8-10-15(11-9-14)23-21(26)18-13-27-16-5-1-2-6-17(16)28-18/h1-12,18H,13H2,(H,23,26)(H,22,24,25)/t18-/m1/s1. The number of benzene rings is 2. The molecular weight excluding hydrogens is 358 g/mol. The number of pyridine rings is 1. The number of amides is 2. The van der Waals surface area contributed by atoms with Crippen molar-refractivity contribution in [3.63, 3.8) is 0 Å². The minimum Gasteiger partial charge on any atom is -0.485 e. The van der Waals surface area contributed by atoms with Gasteiger partial charge in [0.15, 0.2) is 11.5 Å². The third-order valence-corrected chi connectivity index (χ3v) is 4.12. The topological polar surface area (TPSA) is 89.6 Å². The van der Waals surface area contributed by atoms with Crippen molar-refractivity contribution in [3.05, 3.63) is 78.5 Å². The summed E-state index contributed by atoms with van der Waals surface area (Å²) in [6.45, 7) is 0.132. The molecule has 0 aliphatic carbocycles. The number of hydrogen-bond acceptors (Lipinski definition) is 5. The van der Waals surface area contributed by atoms with Crippen LogP contribution in [0.4, 0.5) is 11.5 Å². The first-order valence-corrected chi connectivity index (χ1v) is 8.71. The van der Waals surface area contributed by atoms with Crippen molar-refractivity contribution in [1.82, 2.24) is 4.98 Å². The molecule has 140 valence electrons. The summed E-state index contributed by atoms with van der Waals surface area (Å²) in [7, 11) is 0. The maximum Gasteiger partial charge on any atom is 0.269 e. The Morgan fingerprint density at radius 2 is 1.64 bits per heavy atom. The fourth-order valence-corrected chi connectivity index (χ4v) is 2.70. The fourth-order valence-electron chi connectivity index (χ4n) is 2.70. The molecule has 1 aromatic heterocycles. The molecule has 1 aliphatic rings. The highest BCUT2D eigenvalue weighted by Gasteiger charge is 2.27. The zero-order valence-electron chi connectivity index (χ0n) is 14.8. The third kappa shape index (κ3) is 3.93. The van der Waals surface area contributed by atoms with E-state index in [1.165, 1.54) is 0 Å². The summed E-state index contributed by atoms with van der Waals surface area (Å²) < 4.78 is 11.2. The van der Waals surface area contributed by atoms with Crippen LogP contribution < -0.4 is 20.1 Å². The molecule has 2 aromatic carbocycles. The number of para-hydroxylation sites is 2. The van der Waals surface area contributed by atoms with Gasteiger partial charge >= 0.3 is 0 Å². The molecule has 3 aromatic rings. The van der Waals surface area contributed by atoms with E-state index in [1.54, 1.807) is 60.8 Å². The Kier molecular flexibility index (Phi) is 4.88. The van der Waals surface area contributed by atoms with E-state index in [1.807, 2.05) is 12.1 Å². The summed E-state index contributed by atoms with van der Waals surface area (Å²) in [5, 5.41) is 5.48. The van der Waals surface area contributed by atoms with E-state index in [-0.39, 0.29) is 18.4 Å². The van der Waals surface area contributed by atoms with Crippen LogP contribution in [0.15, 0.2) is 72.9 Å². The fraction of sp³-hybridized carbons (Fsp3) is 0.0952. The lowest BCUT2D eigenvalue weighted by Crippen LogP contribution is -2.40. The molecule has 2 N–H and O–H groups in total. The summed E-state index contributed by atoms with van der Waals surface area (Å²) in [6.07, 6.45) is 0.853. The van der Waals surface area contributed by atoms with Crippen molar-refractivity contribution >= 4 is 23.3 Å². The Bertz CT molecular complexity index is 990.